The number of nitrogens with zero attached hydrogens (tertiary/aromatic N) is 1. The molecule has 0 aliphatic carbocycles. The van der Waals surface area contributed by atoms with E-state index in [2.05, 4.69) is 31.9 Å². The van der Waals surface area contributed by atoms with E-state index >= 15 is 0 Å². The molecule has 1 fully saturated rings. The maximum absolute atomic E-state index is 11.7. The van der Waals surface area contributed by atoms with Gasteiger partial charge in [-0.05, 0) is 11.6 Å². The van der Waals surface area contributed by atoms with Crippen LogP contribution >= 0.6 is 43.5 Å². The monoisotopic (exact) mass is 351 g/mol. The van der Waals surface area contributed by atoms with Gasteiger partial charge >= 0.3 is 0 Å². The zero-order valence-electron chi connectivity index (χ0n) is 7.71. The van der Waals surface area contributed by atoms with Crippen molar-refractivity contribution in [2.45, 2.75) is 9.11 Å². The lowest BCUT2D eigenvalue weighted by Gasteiger charge is -2.42. The molecule has 1 aliphatic heterocycles. The lowest BCUT2D eigenvalue weighted by molar-refractivity contribution is -0.122. The predicted molar refractivity (Wildman–Crippen MR) is 68.9 cm³/mol. The number of β-lactam (4-membered cyclic amide) rings is 1. The zero-order valence-corrected chi connectivity index (χ0v) is 11.6. The summed E-state index contributed by atoms with van der Waals surface area (Å²) in [5, 5.41) is 0. The van der Waals surface area contributed by atoms with Crippen molar-refractivity contribution in [2.75, 3.05) is 11.4 Å². The van der Waals surface area contributed by atoms with Crippen molar-refractivity contribution in [1.29, 1.82) is 0 Å². The first-order chi connectivity index (χ1) is 7.06. The molecular weight excluding hydrogens is 345 g/mol. The van der Waals surface area contributed by atoms with Gasteiger partial charge < -0.3 is 4.90 Å². The molecule has 2 rings (SSSR count). The molecule has 1 aromatic rings. The van der Waals surface area contributed by atoms with Crippen LogP contribution in [0.15, 0.2) is 24.3 Å². The van der Waals surface area contributed by atoms with E-state index in [1.54, 1.807) is 4.90 Å². The van der Waals surface area contributed by atoms with Crippen molar-refractivity contribution in [3.8, 4) is 0 Å². The number of halogens is 3. The maximum Gasteiger partial charge on any atom is 0.256 e. The van der Waals surface area contributed by atoms with Crippen LogP contribution in [0.4, 0.5) is 5.69 Å². The minimum Gasteiger partial charge on any atom is -0.307 e. The summed E-state index contributed by atoms with van der Waals surface area (Å²) in [6.07, 6.45) is 0. The van der Waals surface area contributed by atoms with Gasteiger partial charge in [0.25, 0.3) is 5.91 Å². The predicted octanol–water partition coefficient (Wildman–Crippen LogP) is 3.26. The van der Waals surface area contributed by atoms with Gasteiger partial charge in [0, 0.05) is 11.6 Å². The molecular formula is C10H8Br2ClNO. The van der Waals surface area contributed by atoms with E-state index in [9.17, 15) is 4.79 Å². The van der Waals surface area contributed by atoms with Crippen LogP contribution in [0.3, 0.4) is 0 Å². The van der Waals surface area contributed by atoms with Crippen molar-refractivity contribution in [1.82, 2.24) is 0 Å². The van der Waals surface area contributed by atoms with Crippen molar-refractivity contribution in [3.63, 3.8) is 0 Å². The fraction of sp³-hybridized carbons (Fsp3) is 0.300. The Labute approximate surface area is 110 Å². The van der Waals surface area contributed by atoms with Gasteiger partial charge in [-0.25, -0.2) is 0 Å². The third-order valence-electron chi connectivity index (χ3n) is 2.34. The molecule has 0 N–H and O–H groups in total. The van der Waals surface area contributed by atoms with Gasteiger partial charge in [-0.2, -0.15) is 0 Å². The molecule has 0 saturated carbocycles. The fourth-order valence-corrected chi connectivity index (χ4v) is 2.68. The van der Waals surface area contributed by atoms with Crippen molar-refractivity contribution in [2.24, 2.45) is 0 Å². The van der Waals surface area contributed by atoms with E-state index in [1.165, 1.54) is 0 Å². The average molecular weight is 353 g/mol. The Balaban J connectivity index is 2.29. The van der Waals surface area contributed by atoms with Gasteiger partial charge in [0.15, 0.2) is 3.23 Å². The summed E-state index contributed by atoms with van der Waals surface area (Å²) < 4.78 is -0.584. The number of benzene rings is 1. The molecule has 0 atom stereocenters. The maximum atomic E-state index is 11.7. The second kappa shape index (κ2) is 4.07. The summed E-state index contributed by atoms with van der Waals surface area (Å²) in [7, 11) is 0. The highest BCUT2D eigenvalue weighted by Gasteiger charge is 2.49. The van der Waals surface area contributed by atoms with E-state index in [0.29, 0.717) is 12.4 Å². The Morgan fingerprint density at radius 1 is 1.40 bits per heavy atom. The highest BCUT2D eigenvalue weighted by Crippen LogP contribution is 2.41. The van der Waals surface area contributed by atoms with Crippen LogP contribution in [-0.4, -0.2) is 15.7 Å². The van der Waals surface area contributed by atoms with Gasteiger partial charge in [0.05, 0.1) is 6.54 Å². The van der Waals surface area contributed by atoms with E-state index in [4.69, 9.17) is 11.6 Å². The molecule has 1 aromatic carbocycles. The third-order valence-corrected chi connectivity index (χ3v) is 3.81. The minimum absolute atomic E-state index is 0.0140. The quantitative estimate of drug-likeness (QED) is 0.590. The van der Waals surface area contributed by atoms with Crippen LogP contribution < -0.4 is 4.90 Å². The van der Waals surface area contributed by atoms with Crippen molar-refractivity contribution < 1.29 is 4.79 Å². The van der Waals surface area contributed by atoms with Gasteiger partial charge in [-0.15, -0.1) is 11.6 Å². The second-order valence-electron chi connectivity index (χ2n) is 3.36. The molecule has 1 saturated heterocycles. The van der Waals surface area contributed by atoms with Crippen LogP contribution in [0.25, 0.3) is 0 Å². The molecule has 0 spiro atoms. The first-order valence-electron chi connectivity index (χ1n) is 4.40. The summed E-state index contributed by atoms with van der Waals surface area (Å²) in [6.45, 7) is 0.611. The number of amides is 1. The van der Waals surface area contributed by atoms with Gasteiger partial charge in [-0.1, -0.05) is 50.1 Å². The normalized spacial score (nSPS) is 18.9. The lowest BCUT2D eigenvalue weighted by Crippen LogP contribution is -2.60. The number of hydrogen-bond acceptors (Lipinski definition) is 1. The van der Waals surface area contributed by atoms with Crippen LogP contribution in [0, 0.1) is 0 Å². The lowest BCUT2D eigenvalue weighted by atomic mass is 10.1. The van der Waals surface area contributed by atoms with Crippen LogP contribution in [0.2, 0.25) is 0 Å². The average Bonchev–Trinajstić information content (AvgIpc) is 2.25. The highest BCUT2D eigenvalue weighted by molar-refractivity contribution is 9.26. The standard InChI is InChI=1S/C10H8Br2ClNO/c11-10(12)6-14(9(10)15)8-4-2-1-3-7(8)5-13/h1-4H,5-6H2. The van der Waals surface area contributed by atoms with E-state index in [0.717, 1.165) is 11.3 Å². The molecule has 5 heteroatoms. The molecule has 0 bridgehead atoms. The Morgan fingerprint density at radius 2 is 2.07 bits per heavy atom. The summed E-state index contributed by atoms with van der Waals surface area (Å²) in [6, 6.07) is 7.66. The largest absolute Gasteiger partial charge is 0.307 e. The molecule has 80 valence electrons. The third kappa shape index (κ3) is 1.95. The summed E-state index contributed by atoms with van der Waals surface area (Å²) in [5.41, 5.74) is 1.87. The fourth-order valence-electron chi connectivity index (χ4n) is 1.53. The summed E-state index contributed by atoms with van der Waals surface area (Å²) in [4.78, 5) is 13.5. The van der Waals surface area contributed by atoms with E-state index in [-0.39, 0.29) is 5.91 Å². The number of para-hydroxylation sites is 1. The molecule has 0 unspecified atom stereocenters. The smallest absolute Gasteiger partial charge is 0.256 e. The molecule has 2 nitrogen and oxygen atoms in total. The zero-order chi connectivity index (χ0) is 11.1. The highest BCUT2D eigenvalue weighted by atomic mass is 79.9. The molecule has 0 radical (unpaired) electrons. The first kappa shape index (κ1) is 11.4. The second-order valence-corrected chi connectivity index (χ2v) is 7.40. The molecule has 0 aromatic heterocycles. The molecule has 1 amide bonds. The molecule has 1 heterocycles. The van der Waals surface area contributed by atoms with Crippen molar-refractivity contribution in [3.05, 3.63) is 29.8 Å². The van der Waals surface area contributed by atoms with Crippen LogP contribution in [0.5, 0.6) is 0 Å². The number of carbonyl (C=O) groups is 1. The molecule has 15 heavy (non-hydrogen) atoms. The minimum atomic E-state index is -0.584. The number of anilines is 1. The molecule has 1 aliphatic rings. The summed E-state index contributed by atoms with van der Waals surface area (Å²) >= 11 is 12.4. The number of carbonyl (C=O) groups excluding carboxylic acids is 1. The SMILES string of the molecule is O=C1N(c2ccccc2CCl)CC1(Br)Br. The Hall–Kier alpha value is -0.0600. The van der Waals surface area contributed by atoms with Gasteiger partial charge in [0.2, 0.25) is 0 Å². The Kier molecular flexibility index (Phi) is 3.10. The number of alkyl halides is 3. The van der Waals surface area contributed by atoms with Crippen LogP contribution in [-0.2, 0) is 10.7 Å². The van der Waals surface area contributed by atoms with Gasteiger partial charge in [-0.3, -0.25) is 4.79 Å². The number of rotatable bonds is 2. The van der Waals surface area contributed by atoms with Crippen molar-refractivity contribution >= 4 is 55.1 Å². The first-order valence-corrected chi connectivity index (χ1v) is 6.52. The Bertz CT molecular complexity index is 408. The summed E-state index contributed by atoms with van der Waals surface area (Å²) in [5.74, 6) is 0.428. The van der Waals surface area contributed by atoms with E-state index in [1.807, 2.05) is 24.3 Å². The van der Waals surface area contributed by atoms with Gasteiger partial charge in [0.1, 0.15) is 0 Å². The number of hydrogen-bond donors (Lipinski definition) is 0. The van der Waals surface area contributed by atoms with Crippen LogP contribution in [0.1, 0.15) is 5.56 Å². The van der Waals surface area contributed by atoms with E-state index < -0.39 is 3.23 Å². The topological polar surface area (TPSA) is 20.3 Å². The Morgan fingerprint density at radius 3 is 2.60 bits per heavy atom.